The van der Waals surface area contributed by atoms with Crippen LogP contribution < -0.4 is 26.9 Å². The van der Waals surface area contributed by atoms with Crippen molar-refractivity contribution in [2.45, 2.75) is 32.0 Å². The SMILES string of the molecule is CCOC(=O)C1=C(C)N(NC(=O)Nc2ccccc2)C(C)(NNC(=O)Nc2ccccc2)C12C(=O)N(C)C(=S)N2C. The number of rotatable bonds is 7. The van der Waals surface area contributed by atoms with Gasteiger partial charge in [0, 0.05) is 31.2 Å². The summed E-state index contributed by atoms with van der Waals surface area (Å²) in [6.07, 6.45) is 0. The lowest BCUT2D eigenvalue weighted by molar-refractivity contribution is -0.146. The normalized spacial score (nSPS) is 21.8. The predicted molar refractivity (Wildman–Crippen MR) is 156 cm³/mol. The molecule has 14 heteroatoms. The van der Waals surface area contributed by atoms with Crippen molar-refractivity contribution in [2.24, 2.45) is 0 Å². The van der Waals surface area contributed by atoms with Crippen molar-refractivity contribution in [1.29, 1.82) is 0 Å². The second-order valence-corrected chi connectivity index (χ2v) is 9.87. The standard InChI is InChI=1S/C27H32N8O5S/c1-6-40-21(36)20-17(2)35(31-24(39)29-19-15-11-8-12-16-19)26(3,27(20)22(37)33(4)25(41)34(27)5)32-30-23(38)28-18-13-9-7-10-14-18/h7-16,32H,6H2,1-5H3,(H2,28,30,38)(H2,29,31,39). The predicted octanol–water partition coefficient (Wildman–Crippen LogP) is 2.35. The van der Waals surface area contributed by atoms with E-state index < -0.39 is 35.1 Å². The van der Waals surface area contributed by atoms with E-state index in [-0.39, 0.29) is 23.0 Å². The summed E-state index contributed by atoms with van der Waals surface area (Å²) >= 11 is 5.54. The second-order valence-electron chi connectivity index (χ2n) is 9.51. The van der Waals surface area contributed by atoms with Gasteiger partial charge in [0.2, 0.25) is 0 Å². The summed E-state index contributed by atoms with van der Waals surface area (Å²) < 4.78 is 5.38. The van der Waals surface area contributed by atoms with E-state index in [2.05, 4.69) is 26.9 Å². The molecule has 5 amide bonds. The zero-order valence-electron chi connectivity index (χ0n) is 23.3. The molecule has 2 aromatic carbocycles. The lowest BCUT2D eigenvalue weighted by atomic mass is 9.79. The van der Waals surface area contributed by atoms with Gasteiger partial charge in [0.1, 0.15) is 0 Å². The minimum absolute atomic E-state index is 0.0354. The van der Waals surface area contributed by atoms with Crippen LogP contribution in [-0.2, 0) is 14.3 Å². The molecule has 0 radical (unpaired) electrons. The maximum absolute atomic E-state index is 14.1. The fourth-order valence-corrected chi connectivity index (χ4v) is 5.47. The average Bonchev–Trinajstić information content (AvgIpc) is 3.25. The Kier molecular flexibility index (Phi) is 8.17. The van der Waals surface area contributed by atoms with Gasteiger partial charge in [-0.25, -0.2) is 25.2 Å². The van der Waals surface area contributed by atoms with Gasteiger partial charge in [0.15, 0.2) is 16.3 Å². The lowest BCUT2D eigenvalue weighted by Crippen LogP contribution is -2.78. The van der Waals surface area contributed by atoms with Crippen LogP contribution in [0.15, 0.2) is 71.9 Å². The third-order valence-corrected chi connectivity index (χ3v) is 7.63. The zero-order chi connectivity index (χ0) is 29.9. The number of ether oxygens (including phenoxy) is 1. The number of hydrogen-bond acceptors (Lipinski definition) is 8. The van der Waals surface area contributed by atoms with Crippen molar-refractivity contribution in [3.63, 3.8) is 0 Å². The first-order valence-corrected chi connectivity index (χ1v) is 13.2. The molecule has 2 heterocycles. The topological polar surface area (TPSA) is 147 Å². The average molecular weight is 581 g/mol. The van der Waals surface area contributed by atoms with E-state index >= 15 is 0 Å². The van der Waals surface area contributed by atoms with E-state index in [4.69, 9.17) is 17.0 Å². The second kappa shape index (κ2) is 11.4. The summed E-state index contributed by atoms with van der Waals surface area (Å²) in [5, 5.41) is 6.85. The third kappa shape index (κ3) is 4.91. The lowest BCUT2D eigenvalue weighted by Gasteiger charge is -2.48. The van der Waals surface area contributed by atoms with Crippen molar-refractivity contribution in [1.82, 2.24) is 31.1 Å². The molecule has 2 aliphatic rings. The highest BCUT2D eigenvalue weighted by Crippen LogP contribution is 2.50. The first-order chi connectivity index (χ1) is 19.5. The Hall–Kier alpha value is -4.69. The summed E-state index contributed by atoms with van der Waals surface area (Å²) in [5.74, 6) is -1.35. The van der Waals surface area contributed by atoms with Crippen LogP contribution in [0.5, 0.6) is 0 Å². The highest BCUT2D eigenvalue weighted by atomic mass is 32.1. The number of hydrazine groups is 2. The summed E-state index contributed by atoms with van der Waals surface area (Å²) in [6.45, 7) is 4.80. The van der Waals surface area contributed by atoms with Gasteiger partial charge in [-0.05, 0) is 57.3 Å². The Morgan fingerprint density at radius 3 is 1.95 bits per heavy atom. The van der Waals surface area contributed by atoms with E-state index in [1.54, 1.807) is 88.5 Å². The van der Waals surface area contributed by atoms with Gasteiger partial charge in [0.25, 0.3) is 5.91 Å². The third-order valence-electron chi connectivity index (χ3n) is 7.08. The van der Waals surface area contributed by atoms with E-state index in [1.165, 1.54) is 21.9 Å². The molecule has 2 aromatic rings. The summed E-state index contributed by atoms with van der Waals surface area (Å²) in [6, 6.07) is 16.1. The van der Waals surface area contributed by atoms with Gasteiger partial charge in [-0.3, -0.25) is 20.1 Å². The molecule has 5 N–H and O–H groups in total. The molecule has 1 fully saturated rings. The highest BCUT2D eigenvalue weighted by molar-refractivity contribution is 7.80. The fraction of sp³-hybridized carbons (Fsp3) is 0.296. The summed E-state index contributed by atoms with van der Waals surface area (Å²) in [4.78, 5) is 56.5. The molecule has 2 atom stereocenters. The Labute approximate surface area is 242 Å². The van der Waals surface area contributed by atoms with Crippen molar-refractivity contribution in [3.05, 3.63) is 71.9 Å². The maximum Gasteiger partial charge on any atom is 0.338 e. The molecule has 41 heavy (non-hydrogen) atoms. The van der Waals surface area contributed by atoms with Crippen LogP contribution in [0.3, 0.4) is 0 Å². The molecule has 0 bridgehead atoms. The molecule has 4 rings (SSSR count). The molecule has 0 saturated carbocycles. The van der Waals surface area contributed by atoms with Crippen molar-refractivity contribution >= 4 is 52.6 Å². The maximum atomic E-state index is 14.1. The minimum atomic E-state index is -1.87. The molecule has 13 nitrogen and oxygen atoms in total. The van der Waals surface area contributed by atoms with Gasteiger partial charge in [-0.1, -0.05) is 36.4 Å². The molecular formula is C27H32N8O5S. The first-order valence-electron chi connectivity index (χ1n) is 12.8. The first kappa shape index (κ1) is 29.3. The highest BCUT2D eigenvalue weighted by Gasteiger charge is 2.74. The number of urea groups is 2. The molecule has 216 valence electrons. The monoisotopic (exact) mass is 580 g/mol. The Bertz CT molecular complexity index is 1400. The number of hydrogen-bond donors (Lipinski definition) is 5. The number of nitrogens with zero attached hydrogens (tertiary/aromatic N) is 3. The fourth-order valence-electron chi connectivity index (χ4n) is 5.25. The number of anilines is 2. The number of amides is 5. The van der Waals surface area contributed by atoms with Crippen LogP contribution >= 0.6 is 12.2 Å². The van der Waals surface area contributed by atoms with E-state index in [9.17, 15) is 19.2 Å². The largest absolute Gasteiger partial charge is 0.462 e. The number of benzene rings is 2. The van der Waals surface area contributed by atoms with Crippen LogP contribution in [0.4, 0.5) is 21.0 Å². The van der Waals surface area contributed by atoms with Crippen LogP contribution in [0.2, 0.25) is 0 Å². The van der Waals surface area contributed by atoms with Crippen LogP contribution in [-0.4, -0.2) is 75.8 Å². The number of carbonyl (C=O) groups excluding carboxylic acids is 4. The molecule has 1 saturated heterocycles. The van der Waals surface area contributed by atoms with Gasteiger partial charge in [-0.15, -0.1) is 0 Å². The number of carbonyl (C=O) groups is 4. The summed E-state index contributed by atoms with van der Waals surface area (Å²) in [5.41, 5.74) is 5.80. The van der Waals surface area contributed by atoms with E-state index in [0.717, 1.165) is 0 Å². The van der Waals surface area contributed by atoms with Crippen LogP contribution in [0, 0.1) is 0 Å². The molecule has 0 aromatic heterocycles. The van der Waals surface area contributed by atoms with Crippen molar-refractivity contribution < 1.29 is 23.9 Å². The van der Waals surface area contributed by atoms with Crippen molar-refractivity contribution in [3.8, 4) is 0 Å². The number of nitrogens with one attached hydrogen (secondary N) is 5. The number of likely N-dealkylation sites (N-methyl/N-ethyl adjacent to an activating group) is 2. The van der Waals surface area contributed by atoms with E-state index in [1.807, 2.05) is 0 Å². The Balaban J connectivity index is 1.78. The molecule has 2 unspecified atom stereocenters. The summed E-state index contributed by atoms with van der Waals surface area (Å²) in [7, 11) is 3.05. The van der Waals surface area contributed by atoms with Gasteiger partial charge >= 0.3 is 18.0 Å². The zero-order valence-corrected chi connectivity index (χ0v) is 24.1. The number of esters is 1. The van der Waals surface area contributed by atoms with Gasteiger partial charge in [0.05, 0.1) is 12.2 Å². The van der Waals surface area contributed by atoms with Gasteiger partial charge in [-0.2, -0.15) is 0 Å². The Morgan fingerprint density at radius 1 is 0.927 bits per heavy atom. The smallest absolute Gasteiger partial charge is 0.338 e. The molecule has 0 aliphatic carbocycles. The van der Waals surface area contributed by atoms with Gasteiger partial charge < -0.3 is 20.3 Å². The van der Waals surface area contributed by atoms with Crippen molar-refractivity contribution in [2.75, 3.05) is 31.3 Å². The van der Waals surface area contributed by atoms with E-state index in [0.29, 0.717) is 11.4 Å². The molecule has 2 aliphatic heterocycles. The van der Waals surface area contributed by atoms with Crippen LogP contribution in [0.25, 0.3) is 0 Å². The van der Waals surface area contributed by atoms with Crippen LogP contribution in [0.1, 0.15) is 20.8 Å². The minimum Gasteiger partial charge on any atom is -0.462 e. The molecular weight excluding hydrogens is 548 g/mol. The Morgan fingerprint density at radius 2 is 1.46 bits per heavy atom. The number of thiocarbonyl (C=S) groups is 1. The quantitative estimate of drug-likeness (QED) is 0.189. The number of allylic oxidation sites excluding steroid dienone is 1. The molecule has 1 spiro atoms. The number of para-hydroxylation sites is 2.